The van der Waals surface area contributed by atoms with Crippen LogP contribution in [-0.2, 0) is 11.3 Å². The number of nitrogens with one attached hydrogen (secondary N) is 2. The number of rotatable bonds is 4. The van der Waals surface area contributed by atoms with Gasteiger partial charge in [0, 0.05) is 6.54 Å². The van der Waals surface area contributed by atoms with Crippen molar-refractivity contribution in [2.75, 3.05) is 13.7 Å². The van der Waals surface area contributed by atoms with Gasteiger partial charge in [-0.05, 0) is 29.9 Å². The normalized spacial score (nSPS) is 10.2. The molecular weight excluding hydrogens is 250 g/mol. The van der Waals surface area contributed by atoms with Crippen LogP contribution in [0.1, 0.15) is 23.1 Å². The van der Waals surface area contributed by atoms with Gasteiger partial charge in [0.05, 0.1) is 16.8 Å². The maximum Gasteiger partial charge on any atom is 0.360 e. The van der Waals surface area contributed by atoms with Gasteiger partial charge in [-0.25, -0.2) is 4.79 Å². The third kappa shape index (κ3) is 2.33. The molecule has 0 atom stereocenters. The predicted octanol–water partition coefficient (Wildman–Crippen LogP) is 1.07. The second kappa shape index (κ2) is 5.11. The van der Waals surface area contributed by atoms with Crippen LogP contribution in [0.5, 0.6) is 0 Å². The van der Waals surface area contributed by atoms with Crippen LogP contribution in [0.4, 0.5) is 0 Å². The zero-order valence-corrected chi connectivity index (χ0v) is 9.64. The summed E-state index contributed by atoms with van der Waals surface area (Å²) in [6, 6.07) is 0. The summed E-state index contributed by atoms with van der Waals surface area (Å²) in [5.41, 5.74) is 1.12. The maximum atomic E-state index is 11.3. The van der Waals surface area contributed by atoms with Gasteiger partial charge in [-0.2, -0.15) is 5.10 Å². The summed E-state index contributed by atoms with van der Waals surface area (Å²) < 4.78 is 5.49. The van der Waals surface area contributed by atoms with Crippen molar-refractivity contribution in [3.63, 3.8) is 0 Å². The van der Waals surface area contributed by atoms with Gasteiger partial charge in [-0.3, -0.25) is 5.10 Å². The van der Waals surface area contributed by atoms with E-state index in [1.165, 1.54) is 0 Å². The van der Waals surface area contributed by atoms with Gasteiger partial charge in [0.25, 0.3) is 0 Å². The molecule has 0 saturated carbocycles. The SMILES string of the molecule is CCOC(=O)c1n[nH]c(CNC)c1Br. The highest BCUT2D eigenvalue weighted by molar-refractivity contribution is 9.10. The number of halogens is 1. The van der Waals surface area contributed by atoms with Gasteiger partial charge in [-0.1, -0.05) is 0 Å². The number of esters is 1. The van der Waals surface area contributed by atoms with Crippen LogP contribution in [0, 0.1) is 0 Å². The molecule has 1 aromatic rings. The minimum Gasteiger partial charge on any atom is -0.461 e. The fourth-order valence-corrected chi connectivity index (χ4v) is 1.47. The Hall–Kier alpha value is -0.880. The van der Waals surface area contributed by atoms with Gasteiger partial charge in [0.15, 0.2) is 5.69 Å². The van der Waals surface area contributed by atoms with Crippen molar-refractivity contribution in [2.45, 2.75) is 13.5 Å². The number of nitrogens with zero attached hydrogens (tertiary/aromatic N) is 1. The highest BCUT2D eigenvalue weighted by Crippen LogP contribution is 2.19. The van der Waals surface area contributed by atoms with Crippen molar-refractivity contribution >= 4 is 21.9 Å². The lowest BCUT2D eigenvalue weighted by Gasteiger charge is -1.98. The summed E-state index contributed by atoms with van der Waals surface area (Å²) in [4.78, 5) is 11.3. The summed E-state index contributed by atoms with van der Waals surface area (Å²) in [6.45, 7) is 2.72. The van der Waals surface area contributed by atoms with Crippen molar-refractivity contribution in [1.82, 2.24) is 15.5 Å². The van der Waals surface area contributed by atoms with Crippen molar-refractivity contribution in [3.8, 4) is 0 Å². The number of aromatic amines is 1. The van der Waals surface area contributed by atoms with Crippen LogP contribution in [0.2, 0.25) is 0 Å². The van der Waals surface area contributed by atoms with Crippen LogP contribution in [-0.4, -0.2) is 29.8 Å². The first kappa shape index (κ1) is 11.2. The molecule has 0 unspecified atom stereocenters. The van der Waals surface area contributed by atoms with Crippen LogP contribution in [0.3, 0.4) is 0 Å². The van der Waals surface area contributed by atoms with Crippen molar-refractivity contribution in [1.29, 1.82) is 0 Å². The molecule has 1 rings (SSSR count). The monoisotopic (exact) mass is 261 g/mol. The van der Waals surface area contributed by atoms with Crippen LogP contribution < -0.4 is 5.32 Å². The molecule has 78 valence electrons. The first-order valence-corrected chi connectivity index (χ1v) is 5.04. The second-order valence-corrected chi connectivity index (χ2v) is 3.41. The van der Waals surface area contributed by atoms with E-state index in [1.54, 1.807) is 6.92 Å². The van der Waals surface area contributed by atoms with Gasteiger partial charge < -0.3 is 10.1 Å². The van der Waals surface area contributed by atoms with E-state index in [0.29, 0.717) is 17.6 Å². The smallest absolute Gasteiger partial charge is 0.360 e. The highest BCUT2D eigenvalue weighted by atomic mass is 79.9. The summed E-state index contributed by atoms with van der Waals surface area (Å²) in [6.07, 6.45) is 0. The standard InChI is InChI=1S/C8H12BrN3O2/c1-3-14-8(13)7-6(9)5(4-10-2)11-12-7/h10H,3-4H2,1-2H3,(H,11,12). The molecule has 0 aliphatic heterocycles. The zero-order chi connectivity index (χ0) is 10.6. The molecule has 2 N–H and O–H groups in total. The largest absolute Gasteiger partial charge is 0.461 e. The summed E-state index contributed by atoms with van der Waals surface area (Å²) in [5, 5.41) is 9.58. The van der Waals surface area contributed by atoms with Crippen molar-refractivity contribution in [2.24, 2.45) is 0 Å². The molecule has 0 bridgehead atoms. The lowest BCUT2D eigenvalue weighted by molar-refractivity contribution is 0.0518. The van der Waals surface area contributed by atoms with Gasteiger partial charge in [-0.15, -0.1) is 0 Å². The third-order valence-corrected chi connectivity index (χ3v) is 2.45. The Kier molecular flexibility index (Phi) is 4.09. The van der Waals surface area contributed by atoms with Gasteiger partial charge >= 0.3 is 5.97 Å². The molecule has 6 heteroatoms. The lowest BCUT2D eigenvalue weighted by Crippen LogP contribution is -2.07. The van der Waals surface area contributed by atoms with Gasteiger partial charge in [0.2, 0.25) is 0 Å². The first-order chi connectivity index (χ1) is 6.70. The molecule has 5 nitrogen and oxygen atoms in total. The molecule has 0 aliphatic carbocycles. The molecule has 0 aliphatic rings. The van der Waals surface area contributed by atoms with Crippen LogP contribution in [0.15, 0.2) is 4.47 Å². The maximum absolute atomic E-state index is 11.3. The molecule has 0 aromatic carbocycles. The summed E-state index contributed by atoms with van der Waals surface area (Å²) in [5.74, 6) is -0.419. The lowest BCUT2D eigenvalue weighted by atomic mass is 10.3. The Bertz CT molecular complexity index is 324. The number of ether oxygens (including phenoxy) is 1. The number of carbonyl (C=O) groups excluding carboxylic acids is 1. The molecular formula is C8H12BrN3O2. The number of carbonyl (C=O) groups is 1. The molecule has 0 radical (unpaired) electrons. The van der Waals surface area contributed by atoms with Gasteiger partial charge in [0.1, 0.15) is 0 Å². The molecule has 0 fully saturated rings. The van der Waals surface area contributed by atoms with E-state index in [9.17, 15) is 4.79 Å². The highest BCUT2D eigenvalue weighted by Gasteiger charge is 2.17. The fourth-order valence-electron chi connectivity index (χ4n) is 0.993. The van der Waals surface area contributed by atoms with Crippen LogP contribution in [0.25, 0.3) is 0 Å². The molecule has 1 heterocycles. The van der Waals surface area contributed by atoms with Crippen molar-refractivity contribution < 1.29 is 9.53 Å². The number of hydrogen-bond acceptors (Lipinski definition) is 4. The molecule has 14 heavy (non-hydrogen) atoms. The average Bonchev–Trinajstić information content (AvgIpc) is 2.49. The number of H-pyrrole nitrogens is 1. The Morgan fingerprint density at radius 3 is 3.00 bits per heavy atom. The Labute approximate surface area is 90.3 Å². The number of aromatic nitrogens is 2. The minimum absolute atomic E-state index is 0.289. The number of hydrogen-bond donors (Lipinski definition) is 2. The first-order valence-electron chi connectivity index (χ1n) is 4.25. The Balaban J connectivity index is 2.83. The molecule has 0 spiro atoms. The Morgan fingerprint density at radius 2 is 2.43 bits per heavy atom. The summed E-state index contributed by atoms with van der Waals surface area (Å²) in [7, 11) is 1.82. The van der Waals surface area contributed by atoms with Crippen LogP contribution >= 0.6 is 15.9 Å². The minimum atomic E-state index is -0.419. The fraction of sp³-hybridized carbons (Fsp3) is 0.500. The summed E-state index contributed by atoms with van der Waals surface area (Å²) >= 11 is 3.29. The average molecular weight is 262 g/mol. The van der Waals surface area contributed by atoms with E-state index in [0.717, 1.165) is 5.69 Å². The quantitative estimate of drug-likeness (QED) is 0.796. The zero-order valence-electron chi connectivity index (χ0n) is 8.06. The van der Waals surface area contributed by atoms with E-state index >= 15 is 0 Å². The molecule has 0 saturated heterocycles. The third-order valence-electron chi connectivity index (χ3n) is 1.60. The van der Waals surface area contributed by atoms with E-state index in [2.05, 4.69) is 31.4 Å². The second-order valence-electron chi connectivity index (χ2n) is 2.62. The topological polar surface area (TPSA) is 67.0 Å². The van der Waals surface area contributed by atoms with E-state index < -0.39 is 5.97 Å². The van der Waals surface area contributed by atoms with E-state index in [4.69, 9.17) is 4.74 Å². The molecule has 1 aromatic heterocycles. The molecule has 0 amide bonds. The van der Waals surface area contributed by atoms with Crippen molar-refractivity contribution in [3.05, 3.63) is 15.9 Å². The Morgan fingerprint density at radius 1 is 1.71 bits per heavy atom. The predicted molar refractivity (Wildman–Crippen MR) is 55.0 cm³/mol. The van der Waals surface area contributed by atoms with E-state index in [-0.39, 0.29) is 5.69 Å². The van der Waals surface area contributed by atoms with E-state index in [1.807, 2.05) is 7.05 Å².